The van der Waals surface area contributed by atoms with Crippen molar-refractivity contribution in [1.29, 1.82) is 0 Å². The minimum Gasteiger partial charge on any atom is -0.368 e. The largest absolute Gasteiger partial charge is 0.368 e. The maximum Gasteiger partial charge on any atom is 0.264 e. The van der Waals surface area contributed by atoms with Crippen LogP contribution in [0.25, 0.3) is 0 Å². The highest BCUT2D eigenvalue weighted by Crippen LogP contribution is 2.30. The predicted octanol–water partition coefficient (Wildman–Crippen LogP) is 10.9. The molecule has 2 aliphatic heterocycles. The van der Waals surface area contributed by atoms with Crippen LogP contribution in [0.2, 0.25) is 5.02 Å². The maximum atomic E-state index is 13.9. The lowest BCUT2D eigenvalue weighted by Gasteiger charge is -2.36. The fourth-order valence-electron chi connectivity index (χ4n) is 9.17. The molecule has 2 fully saturated rings. The molecule has 2 aliphatic rings. The molecule has 8 aromatic rings. The fourth-order valence-corrected chi connectivity index (χ4v) is 12.4. The van der Waals surface area contributed by atoms with Gasteiger partial charge in [0, 0.05) is 79.9 Å². The van der Waals surface area contributed by atoms with Gasteiger partial charge in [-0.2, -0.15) is 0 Å². The molecule has 2 amide bonds. The summed E-state index contributed by atoms with van der Waals surface area (Å²) in [6, 6.07) is 63.3. The zero-order chi connectivity index (χ0) is 53.1. The second-order valence-electron chi connectivity index (χ2n) is 18.2. The van der Waals surface area contributed by atoms with Crippen LogP contribution < -0.4 is 18.4 Å². The van der Waals surface area contributed by atoms with E-state index in [2.05, 4.69) is 34.1 Å². The van der Waals surface area contributed by atoms with Crippen LogP contribution in [0.15, 0.2) is 228 Å². The van der Waals surface area contributed by atoms with Crippen LogP contribution >= 0.6 is 11.6 Å². The average molecular weight is 1080 g/mol. The van der Waals surface area contributed by atoms with E-state index >= 15 is 0 Å². The van der Waals surface area contributed by atoms with E-state index in [0.29, 0.717) is 59.3 Å². The highest BCUT2D eigenvalue weighted by Gasteiger charge is 2.29. The van der Waals surface area contributed by atoms with Crippen molar-refractivity contribution in [2.24, 2.45) is 0 Å². The van der Waals surface area contributed by atoms with E-state index in [-0.39, 0.29) is 34.7 Å². The van der Waals surface area contributed by atoms with Gasteiger partial charge in [-0.25, -0.2) is 21.2 Å². The summed E-state index contributed by atoms with van der Waals surface area (Å²) in [6.45, 7) is 5.54. The number of nitrogens with zero attached hydrogens (tertiary/aromatic N) is 6. The van der Waals surface area contributed by atoms with Crippen LogP contribution in [0.1, 0.15) is 31.8 Å². The molecule has 0 spiro atoms. The second kappa shape index (κ2) is 24.1. The van der Waals surface area contributed by atoms with Crippen molar-refractivity contribution in [3.05, 3.63) is 251 Å². The third-order valence-corrected chi connectivity index (χ3v) is 17.1. The minimum absolute atomic E-state index is 0.0519. The molecular formula is C60H56ClFN6O6S2. The SMILES string of the molecule is O=C(c1ccc(N(Cc2cccc(F)c2)S(=O)(=O)c2ccccc2)cc1)N1CCN(c2ccccc2)CC1.O=C(c1ccc(N(Cc2ccccc2)S(=O)(=O)c2cccc(Cl)c2)cc1)N1CCN(c2ccccc2)CC1. The maximum absolute atomic E-state index is 13.9. The Labute approximate surface area is 449 Å². The molecule has 0 aliphatic carbocycles. The fraction of sp³-hybridized carbons (Fsp3) is 0.167. The summed E-state index contributed by atoms with van der Waals surface area (Å²) < 4.78 is 71.0. The number of carbonyl (C=O) groups excluding carboxylic acids is 2. The minimum atomic E-state index is -3.94. The van der Waals surface area contributed by atoms with Crippen LogP contribution in [0.4, 0.5) is 27.1 Å². The van der Waals surface area contributed by atoms with Crippen molar-refractivity contribution in [3.8, 4) is 0 Å². The highest BCUT2D eigenvalue weighted by molar-refractivity contribution is 7.93. The smallest absolute Gasteiger partial charge is 0.264 e. The summed E-state index contributed by atoms with van der Waals surface area (Å²) in [6.07, 6.45) is 0. The molecule has 388 valence electrons. The van der Waals surface area contributed by atoms with Gasteiger partial charge in [-0.15, -0.1) is 0 Å². The van der Waals surface area contributed by atoms with Crippen molar-refractivity contribution in [1.82, 2.24) is 9.80 Å². The molecule has 8 aromatic carbocycles. The van der Waals surface area contributed by atoms with Crippen molar-refractivity contribution >= 4 is 66.2 Å². The van der Waals surface area contributed by atoms with Crippen LogP contribution in [0.3, 0.4) is 0 Å². The molecule has 0 saturated carbocycles. The quantitative estimate of drug-likeness (QED) is 0.106. The summed E-state index contributed by atoms with van der Waals surface area (Å²) in [7, 11) is -7.85. The Morgan fingerprint density at radius 3 is 1.25 bits per heavy atom. The highest BCUT2D eigenvalue weighted by atomic mass is 35.5. The molecule has 2 saturated heterocycles. The van der Waals surface area contributed by atoms with E-state index in [1.54, 1.807) is 91.0 Å². The van der Waals surface area contributed by atoms with Gasteiger partial charge in [0.1, 0.15) is 5.82 Å². The number of hydrogen-bond acceptors (Lipinski definition) is 8. The number of benzene rings is 8. The molecule has 10 rings (SSSR count). The number of para-hydroxylation sites is 2. The standard InChI is InChI=1S/C30H28ClN3O3S.C30H28FN3O3S/c31-26-10-7-13-29(22-26)38(36,37)34(23-24-8-3-1-4-9-24)28-16-14-25(15-17-28)30(35)33-20-18-32(19-21-33)27-11-5-2-6-12-27;31-26-9-7-8-24(22-26)23-34(38(36,37)29-12-5-2-6-13-29)28-16-14-25(15-17-28)30(35)33-20-18-32(19-21-33)27-10-3-1-4-11-27/h2*1-17,22H,18-21,23H2. The van der Waals surface area contributed by atoms with E-state index in [0.717, 1.165) is 43.1 Å². The van der Waals surface area contributed by atoms with Crippen molar-refractivity contribution in [2.45, 2.75) is 22.9 Å². The van der Waals surface area contributed by atoms with E-state index in [1.807, 2.05) is 76.5 Å². The topological polar surface area (TPSA) is 122 Å². The first kappa shape index (κ1) is 52.9. The number of carbonyl (C=O) groups is 2. The van der Waals surface area contributed by atoms with Crippen LogP contribution in [-0.4, -0.2) is 90.8 Å². The number of sulfonamides is 2. The molecule has 0 atom stereocenters. The molecule has 0 radical (unpaired) electrons. The monoisotopic (exact) mass is 1070 g/mol. The summed E-state index contributed by atoms with van der Waals surface area (Å²) in [5.74, 6) is -0.587. The van der Waals surface area contributed by atoms with Crippen molar-refractivity contribution in [2.75, 3.05) is 70.8 Å². The van der Waals surface area contributed by atoms with Gasteiger partial charge in [0.2, 0.25) is 0 Å². The Morgan fingerprint density at radius 1 is 0.421 bits per heavy atom. The first-order valence-corrected chi connectivity index (χ1v) is 28.1. The zero-order valence-electron chi connectivity index (χ0n) is 41.6. The molecular weight excluding hydrogens is 1020 g/mol. The van der Waals surface area contributed by atoms with Gasteiger partial charge in [0.05, 0.1) is 34.3 Å². The first-order valence-electron chi connectivity index (χ1n) is 24.9. The molecule has 16 heteroatoms. The summed E-state index contributed by atoms with van der Waals surface area (Å²) in [4.78, 5) is 34.9. The molecule has 2 heterocycles. The number of amides is 2. The van der Waals surface area contributed by atoms with E-state index in [1.165, 1.54) is 45.0 Å². The third-order valence-electron chi connectivity index (χ3n) is 13.3. The molecule has 0 N–H and O–H groups in total. The van der Waals surface area contributed by atoms with Gasteiger partial charge < -0.3 is 19.6 Å². The van der Waals surface area contributed by atoms with Crippen LogP contribution in [0.5, 0.6) is 0 Å². The van der Waals surface area contributed by atoms with Gasteiger partial charge in [-0.1, -0.05) is 115 Å². The molecule has 76 heavy (non-hydrogen) atoms. The summed E-state index contributed by atoms with van der Waals surface area (Å²) >= 11 is 6.11. The summed E-state index contributed by atoms with van der Waals surface area (Å²) in [5, 5.41) is 0.346. The molecule has 0 aromatic heterocycles. The van der Waals surface area contributed by atoms with Gasteiger partial charge >= 0.3 is 0 Å². The molecule has 0 bridgehead atoms. The molecule has 12 nitrogen and oxygen atoms in total. The van der Waals surface area contributed by atoms with Crippen molar-refractivity contribution < 1.29 is 30.8 Å². The second-order valence-corrected chi connectivity index (χ2v) is 22.4. The lowest BCUT2D eigenvalue weighted by Crippen LogP contribution is -2.48. The van der Waals surface area contributed by atoms with Crippen molar-refractivity contribution in [3.63, 3.8) is 0 Å². The lowest BCUT2D eigenvalue weighted by molar-refractivity contribution is 0.0739. The zero-order valence-corrected chi connectivity index (χ0v) is 43.9. The average Bonchev–Trinajstić information content (AvgIpc) is 3.47. The Hall–Kier alpha value is -7.98. The van der Waals surface area contributed by atoms with E-state index in [4.69, 9.17) is 11.6 Å². The van der Waals surface area contributed by atoms with E-state index in [9.17, 15) is 30.8 Å². The van der Waals surface area contributed by atoms with Gasteiger partial charge in [-0.05, 0) is 126 Å². The predicted molar refractivity (Wildman–Crippen MR) is 299 cm³/mol. The van der Waals surface area contributed by atoms with E-state index < -0.39 is 25.9 Å². The Bertz CT molecular complexity index is 3330. The van der Waals surface area contributed by atoms with Crippen LogP contribution in [-0.2, 0) is 33.1 Å². The normalized spacial score (nSPS) is 13.8. The van der Waals surface area contributed by atoms with Crippen LogP contribution in [0, 0.1) is 5.82 Å². The summed E-state index contributed by atoms with van der Waals surface area (Å²) in [5.41, 5.74) is 5.54. The number of piperazine rings is 2. The number of halogens is 2. The number of anilines is 4. The van der Waals surface area contributed by atoms with Gasteiger partial charge in [0.15, 0.2) is 0 Å². The number of rotatable bonds is 14. The first-order chi connectivity index (χ1) is 36.8. The Balaban J connectivity index is 0.000000186. The van der Waals surface area contributed by atoms with Gasteiger partial charge in [-0.3, -0.25) is 18.2 Å². The van der Waals surface area contributed by atoms with Gasteiger partial charge in [0.25, 0.3) is 31.9 Å². The molecule has 0 unspecified atom stereocenters. The third kappa shape index (κ3) is 12.7. The number of hydrogen-bond donors (Lipinski definition) is 0. The lowest BCUT2D eigenvalue weighted by atomic mass is 10.1. The Kier molecular flexibility index (Phi) is 16.8. The Morgan fingerprint density at radius 2 is 0.803 bits per heavy atom.